The summed E-state index contributed by atoms with van der Waals surface area (Å²) in [7, 11) is -3.97. The highest BCUT2D eigenvalue weighted by atomic mass is 32.2. The third-order valence-corrected chi connectivity index (χ3v) is 12.3. The Hall–Kier alpha value is -5.04. The second kappa shape index (κ2) is 14.1. The highest BCUT2D eigenvalue weighted by molar-refractivity contribution is 8.01. The van der Waals surface area contributed by atoms with Crippen LogP contribution < -0.4 is 4.72 Å². The first-order chi connectivity index (χ1) is 24.3. The van der Waals surface area contributed by atoms with Crippen molar-refractivity contribution in [3.05, 3.63) is 203 Å². The van der Waals surface area contributed by atoms with E-state index >= 15 is 0 Å². The number of hydrogen-bond donors (Lipinski definition) is 1. The molecule has 1 unspecified atom stereocenters. The fraction of sp³-hybridized carbons (Fsp3) is 0.136. The van der Waals surface area contributed by atoms with Crippen LogP contribution in [0.1, 0.15) is 64.2 Å². The smallest absolute Gasteiger partial charge is 0.262 e. The van der Waals surface area contributed by atoms with Gasteiger partial charge < -0.3 is 4.42 Å². The maximum atomic E-state index is 14.1. The van der Waals surface area contributed by atoms with E-state index in [4.69, 9.17) is 4.42 Å². The topological polar surface area (TPSA) is 59.3 Å². The number of para-hydroxylation sites is 1. The molecule has 4 nitrogen and oxygen atoms in total. The van der Waals surface area contributed by atoms with Crippen LogP contribution in [-0.4, -0.2) is 8.42 Å². The summed E-state index contributed by atoms with van der Waals surface area (Å²) < 4.78 is 37.2. The summed E-state index contributed by atoms with van der Waals surface area (Å²) in [6, 6.07) is 54.8. The monoisotopic (exact) mass is 693 g/mol. The molecule has 0 bridgehead atoms. The minimum Gasteiger partial charge on any atom is -0.457 e. The number of fused-ring (bicyclic) bond motifs is 1. The van der Waals surface area contributed by atoms with Crippen molar-refractivity contribution in [1.82, 2.24) is 0 Å². The second-order valence-corrected chi connectivity index (χ2v) is 15.9. The zero-order valence-corrected chi connectivity index (χ0v) is 29.9. The summed E-state index contributed by atoms with van der Waals surface area (Å²) in [6.45, 7) is 6.31. The van der Waals surface area contributed by atoms with Crippen molar-refractivity contribution in [2.75, 3.05) is 4.72 Å². The molecule has 0 saturated heterocycles. The van der Waals surface area contributed by atoms with Crippen LogP contribution in [0.2, 0.25) is 0 Å². The number of anilines is 1. The van der Waals surface area contributed by atoms with E-state index in [-0.39, 0.29) is 4.90 Å². The van der Waals surface area contributed by atoms with Crippen LogP contribution in [0.5, 0.6) is 0 Å². The summed E-state index contributed by atoms with van der Waals surface area (Å²) in [5, 5.41) is 0.257. The van der Waals surface area contributed by atoms with Crippen molar-refractivity contribution in [1.29, 1.82) is 0 Å². The number of sulfonamides is 1. The van der Waals surface area contributed by atoms with E-state index in [0.717, 1.165) is 27.8 Å². The molecular weight excluding hydrogens is 655 g/mol. The first-order valence-electron chi connectivity index (χ1n) is 16.8. The van der Waals surface area contributed by atoms with Crippen molar-refractivity contribution < 1.29 is 12.8 Å². The fourth-order valence-corrected chi connectivity index (χ4v) is 9.32. The molecule has 6 aromatic carbocycles. The first kappa shape index (κ1) is 33.5. The van der Waals surface area contributed by atoms with Crippen LogP contribution in [0, 0.1) is 6.92 Å². The van der Waals surface area contributed by atoms with Crippen LogP contribution in [0.25, 0.3) is 11.0 Å². The van der Waals surface area contributed by atoms with Crippen molar-refractivity contribution >= 4 is 38.4 Å². The van der Waals surface area contributed by atoms with Crippen LogP contribution in [0.15, 0.2) is 173 Å². The van der Waals surface area contributed by atoms with Gasteiger partial charge >= 0.3 is 0 Å². The Morgan fingerprint density at radius 2 is 1.08 bits per heavy atom. The standard InChI is InChI=1S/C44H39NO3S2/c1-31(2)33-25-27-34(28-26-33)43(42-41(39-21-13-14-22-40(39)48-42)45-50(46,47)38-29-23-32(3)24-30-38)49-44(35-15-7-4-8-16-35,36-17-9-5-10-18-36)37-19-11-6-12-20-37/h4-31,43,45H,1-3H3. The fourth-order valence-electron chi connectivity index (χ4n) is 6.49. The van der Waals surface area contributed by atoms with E-state index < -0.39 is 20.0 Å². The lowest BCUT2D eigenvalue weighted by atomic mass is 9.84. The van der Waals surface area contributed by atoms with Crippen molar-refractivity contribution in [3.8, 4) is 0 Å². The molecule has 0 fully saturated rings. The lowest BCUT2D eigenvalue weighted by Crippen LogP contribution is -2.27. The Labute approximate surface area is 299 Å². The Morgan fingerprint density at radius 1 is 0.600 bits per heavy atom. The second-order valence-electron chi connectivity index (χ2n) is 12.9. The Morgan fingerprint density at radius 3 is 1.60 bits per heavy atom. The van der Waals surface area contributed by atoms with Gasteiger partial charge in [-0.15, -0.1) is 11.8 Å². The van der Waals surface area contributed by atoms with Gasteiger partial charge in [-0.1, -0.05) is 159 Å². The lowest BCUT2D eigenvalue weighted by molar-refractivity contribution is 0.559. The summed E-state index contributed by atoms with van der Waals surface area (Å²) in [5.74, 6) is 0.895. The number of thioether (sulfide) groups is 1. The first-order valence-corrected chi connectivity index (χ1v) is 19.2. The highest BCUT2D eigenvalue weighted by Gasteiger charge is 2.42. The van der Waals surface area contributed by atoms with Gasteiger partial charge in [-0.05, 0) is 64.9 Å². The molecule has 6 heteroatoms. The largest absolute Gasteiger partial charge is 0.457 e. The number of benzene rings is 6. The third-order valence-electron chi connectivity index (χ3n) is 9.17. The number of aryl methyl sites for hydroxylation is 1. The maximum absolute atomic E-state index is 14.1. The predicted octanol–water partition coefficient (Wildman–Crippen LogP) is 11.5. The normalized spacial score (nSPS) is 12.6. The molecule has 0 saturated carbocycles. The van der Waals surface area contributed by atoms with Crippen LogP contribution in [0.4, 0.5) is 5.69 Å². The summed E-state index contributed by atoms with van der Waals surface area (Å²) >= 11 is 1.74. The lowest BCUT2D eigenvalue weighted by Gasteiger charge is -2.38. The quantitative estimate of drug-likeness (QED) is 0.137. The molecule has 0 amide bonds. The molecule has 50 heavy (non-hydrogen) atoms. The number of hydrogen-bond acceptors (Lipinski definition) is 4. The average Bonchev–Trinajstić information content (AvgIpc) is 3.50. The van der Waals surface area contributed by atoms with E-state index in [1.54, 1.807) is 23.9 Å². The van der Waals surface area contributed by atoms with Crippen molar-refractivity contribution in [2.45, 2.75) is 41.6 Å². The molecule has 1 N–H and O–H groups in total. The average molecular weight is 694 g/mol. The van der Waals surface area contributed by atoms with Crippen LogP contribution >= 0.6 is 11.8 Å². The molecule has 1 heterocycles. The van der Waals surface area contributed by atoms with Crippen LogP contribution in [0.3, 0.4) is 0 Å². The zero-order valence-electron chi connectivity index (χ0n) is 28.3. The summed E-state index contributed by atoms with van der Waals surface area (Å²) in [6.07, 6.45) is 0. The molecule has 0 radical (unpaired) electrons. The summed E-state index contributed by atoms with van der Waals surface area (Å²) in [4.78, 5) is 0.192. The minimum absolute atomic E-state index is 0.192. The van der Waals surface area contributed by atoms with Crippen LogP contribution in [-0.2, 0) is 14.8 Å². The number of furan rings is 1. The molecule has 0 spiro atoms. The zero-order chi connectivity index (χ0) is 34.7. The van der Waals surface area contributed by atoms with E-state index in [2.05, 4.69) is 116 Å². The highest BCUT2D eigenvalue weighted by Crippen LogP contribution is 2.57. The van der Waals surface area contributed by atoms with E-state index in [1.165, 1.54) is 5.56 Å². The molecule has 7 rings (SSSR count). The van der Waals surface area contributed by atoms with E-state index in [9.17, 15) is 8.42 Å². The Bertz CT molecular complexity index is 2200. The van der Waals surface area contributed by atoms with Gasteiger partial charge in [-0.2, -0.15) is 0 Å². The molecule has 0 aliphatic rings. The summed E-state index contributed by atoms with van der Waals surface area (Å²) in [5.41, 5.74) is 7.56. The van der Waals surface area contributed by atoms with Gasteiger partial charge in [0.15, 0.2) is 0 Å². The SMILES string of the molecule is Cc1ccc(S(=O)(=O)Nc2c(C(SC(c3ccccc3)(c3ccccc3)c3ccccc3)c3ccc(C(C)C)cc3)oc3ccccc23)cc1. The minimum atomic E-state index is -3.97. The molecular formula is C44H39NO3S2. The molecule has 250 valence electrons. The van der Waals surface area contributed by atoms with Gasteiger partial charge in [0.25, 0.3) is 10.0 Å². The number of rotatable bonds is 11. The van der Waals surface area contributed by atoms with Gasteiger partial charge in [-0.25, -0.2) is 8.42 Å². The van der Waals surface area contributed by atoms with Crippen molar-refractivity contribution in [3.63, 3.8) is 0 Å². The predicted molar refractivity (Wildman–Crippen MR) is 207 cm³/mol. The molecule has 0 aliphatic heterocycles. The number of nitrogens with one attached hydrogen (secondary N) is 1. The Kier molecular flexibility index (Phi) is 9.41. The van der Waals surface area contributed by atoms with Crippen molar-refractivity contribution in [2.24, 2.45) is 0 Å². The van der Waals surface area contributed by atoms with Gasteiger partial charge in [-0.3, -0.25) is 4.72 Å². The van der Waals surface area contributed by atoms with Gasteiger partial charge in [0, 0.05) is 5.39 Å². The van der Waals surface area contributed by atoms with Gasteiger partial charge in [0.05, 0.1) is 20.6 Å². The van der Waals surface area contributed by atoms with E-state index in [0.29, 0.717) is 28.3 Å². The van der Waals surface area contributed by atoms with E-state index in [1.807, 2.05) is 61.5 Å². The van der Waals surface area contributed by atoms with Gasteiger partial charge in [0.1, 0.15) is 11.3 Å². The molecule has 0 aliphatic carbocycles. The maximum Gasteiger partial charge on any atom is 0.262 e. The van der Waals surface area contributed by atoms with Gasteiger partial charge in [0.2, 0.25) is 0 Å². The third kappa shape index (κ3) is 6.49. The molecule has 7 aromatic rings. The molecule has 1 aromatic heterocycles. The Balaban J connectivity index is 1.50. The molecule has 1 atom stereocenters.